The van der Waals surface area contributed by atoms with Crippen molar-refractivity contribution in [1.82, 2.24) is 0 Å². The van der Waals surface area contributed by atoms with E-state index < -0.39 is 0 Å². The summed E-state index contributed by atoms with van der Waals surface area (Å²) in [5.41, 5.74) is 6.54. The van der Waals surface area contributed by atoms with Crippen molar-refractivity contribution in [3.05, 3.63) is 0 Å². The normalized spacial score (nSPS) is 31.9. The third kappa shape index (κ3) is 2.58. The average molecular weight is 222 g/mol. The number of hydrogen-bond acceptors (Lipinski definition) is 1. The van der Waals surface area contributed by atoms with Crippen molar-refractivity contribution in [3.63, 3.8) is 0 Å². The fourth-order valence-corrected chi connectivity index (χ4v) is 3.22. The number of hydrogen-bond donors (Lipinski definition) is 1. The molecule has 2 nitrogen and oxygen atoms in total. The van der Waals surface area contributed by atoms with Crippen LogP contribution in [-0.4, -0.2) is 11.9 Å². The maximum atomic E-state index is 6.18. The van der Waals surface area contributed by atoms with Gasteiger partial charge in [-0.05, 0) is 31.1 Å². The van der Waals surface area contributed by atoms with Crippen molar-refractivity contribution in [2.24, 2.45) is 22.1 Å². The lowest BCUT2D eigenvalue weighted by molar-refractivity contribution is 0.203. The van der Waals surface area contributed by atoms with Gasteiger partial charge in [-0.3, -0.25) is 4.99 Å². The largest absolute Gasteiger partial charge is 0.387 e. The predicted molar refractivity (Wildman–Crippen MR) is 69.6 cm³/mol. The number of nitrogens with zero attached hydrogens (tertiary/aromatic N) is 1. The molecule has 0 heterocycles. The molecule has 2 N–H and O–H groups in total. The summed E-state index contributed by atoms with van der Waals surface area (Å²) in [6.07, 6.45) is 10.5. The Balaban J connectivity index is 2.02. The quantitative estimate of drug-likeness (QED) is 0.563. The topological polar surface area (TPSA) is 38.4 Å². The van der Waals surface area contributed by atoms with E-state index >= 15 is 0 Å². The second-order valence-corrected chi connectivity index (χ2v) is 6.29. The Labute approximate surface area is 99.7 Å². The van der Waals surface area contributed by atoms with Crippen LogP contribution in [0.5, 0.6) is 0 Å². The zero-order valence-electron chi connectivity index (χ0n) is 10.8. The van der Waals surface area contributed by atoms with Gasteiger partial charge in [0.25, 0.3) is 0 Å². The molecule has 2 rings (SSSR count). The summed E-state index contributed by atoms with van der Waals surface area (Å²) in [7, 11) is 0. The molecule has 2 fully saturated rings. The maximum Gasteiger partial charge on any atom is 0.0972 e. The van der Waals surface area contributed by atoms with Crippen LogP contribution in [0, 0.1) is 11.3 Å². The summed E-state index contributed by atoms with van der Waals surface area (Å²) in [6.45, 7) is 4.70. The van der Waals surface area contributed by atoms with Crippen molar-refractivity contribution >= 4 is 5.84 Å². The van der Waals surface area contributed by atoms with E-state index in [4.69, 9.17) is 10.7 Å². The summed E-state index contributed by atoms with van der Waals surface area (Å²) in [4.78, 5) is 4.87. The summed E-state index contributed by atoms with van der Waals surface area (Å²) in [5.74, 6) is 1.55. The smallest absolute Gasteiger partial charge is 0.0972 e. The minimum Gasteiger partial charge on any atom is -0.387 e. The number of aliphatic imine (C=N–C) groups is 1. The molecule has 92 valence electrons. The van der Waals surface area contributed by atoms with Crippen molar-refractivity contribution in [1.29, 1.82) is 0 Å². The van der Waals surface area contributed by atoms with Gasteiger partial charge < -0.3 is 5.73 Å². The van der Waals surface area contributed by atoms with Crippen LogP contribution in [0.2, 0.25) is 0 Å². The highest BCUT2D eigenvalue weighted by Gasteiger charge is 2.32. The predicted octanol–water partition coefficient (Wildman–Crippen LogP) is 3.50. The molecular formula is C14H26N2. The Hall–Kier alpha value is -0.530. The van der Waals surface area contributed by atoms with Gasteiger partial charge >= 0.3 is 0 Å². The van der Waals surface area contributed by atoms with Gasteiger partial charge in [-0.25, -0.2) is 0 Å². The Morgan fingerprint density at radius 2 is 1.69 bits per heavy atom. The molecule has 2 saturated carbocycles. The molecule has 0 bridgehead atoms. The maximum absolute atomic E-state index is 6.18. The Morgan fingerprint density at radius 3 is 2.31 bits per heavy atom. The van der Waals surface area contributed by atoms with Gasteiger partial charge in [0.2, 0.25) is 0 Å². The third-order valence-electron chi connectivity index (χ3n) is 4.53. The second kappa shape index (κ2) is 4.77. The first kappa shape index (κ1) is 11.9. The lowest BCUT2D eigenvalue weighted by atomic mass is 9.73. The van der Waals surface area contributed by atoms with Crippen molar-refractivity contribution in [2.75, 3.05) is 0 Å². The SMILES string of the molecule is CC1(C)CCCCC1N=C(N)C1CCCC1. The second-order valence-electron chi connectivity index (χ2n) is 6.29. The lowest BCUT2D eigenvalue weighted by Crippen LogP contribution is -2.34. The Kier molecular flexibility index (Phi) is 3.56. The highest BCUT2D eigenvalue weighted by Crippen LogP contribution is 2.38. The van der Waals surface area contributed by atoms with Crippen molar-refractivity contribution in [2.45, 2.75) is 71.3 Å². The molecule has 0 aromatic heterocycles. The Bertz CT molecular complexity index is 262. The molecule has 2 aliphatic rings. The monoisotopic (exact) mass is 222 g/mol. The van der Waals surface area contributed by atoms with Gasteiger partial charge in [-0.2, -0.15) is 0 Å². The summed E-state index contributed by atoms with van der Waals surface area (Å²) >= 11 is 0. The third-order valence-corrected chi connectivity index (χ3v) is 4.53. The van der Waals surface area contributed by atoms with Gasteiger partial charge in [0, 0.05) is 5.92 Å². The minimum absolute atomic E-state index is 0.363. The van der Waals surface area contributed by atoms with E-state index in [0.717, 1.165) is 5.84 Å². The van der Waals surface area contributed by atoms with Crippen molar-refractivity contribution in [3.8, 4) is 0 Å². The number of rotatable bonds is 2. The van der Waals surface area contributed by atoms with Crippen LogP contribution in [-0.2, 0) is 0 Å². The van der Waals surface area contributed by atoms with Crippen LogP contribution in [0.4, 0.5) is 0 Å². The number of nitrogens with two attached hydrogens (primary N) is 1. The van der Waals surface area contributed by atoms with E-state index in [9.17, 15) is 0 Å². The van der Waals surface area contributed by atoms with Gasteiger partial charge in [0.05, 0.1) is 11.9 Å². The Morgan fingerprint density at radius 1 is 1.06 bits per heavy atom. The highest BCUT2D eigenvalue weighted by molar-refractivity contribution is 5.83. The molecule has 0 aromatic carbocycles. The fourth-order valence-electron chi connectivity index (χ4n) is 3.22. The molecule has 0 aliphatic heterocycles. The average Bonchev–Trinajstić information content (AvgIpc) is 2.74. The van der Waals surface area contributed by atoms with Gasteiger partial charge in [0.1, 0.15) is 0 Å². The van der Waals surface area contributed by atoms with Gasteiger partial charge in [-0.1, -0.05) is 39.5 Å². The van der Waals surface area contributed by atoms with Crippen LogP contribution in [0.15, 0.2) is 4.99 Å². The van der Waals surface area contributed by atoms with E-state index in [-0.39, 0.29) is 0 Å². The van der Waals surface area contributed by atoms with Crippen molar-refractivity contribution < 1.29 is 0 Å². The van der Waals surface area contributed by atoms with E-state index in [1.165, 1.54) is 51.4 Å². The standard InChI is InChI=1S/C14H26N2/c1-14(2)10-6-5-9-12(14)16-13(15)11-7-3-4-8-11/h11-12H,3-10H2,1-2H3,(H2,15,16). The van der Waals surface area contributed by atoms with Crippen LogP contribution < -0.4 is 5.73 Å². The van der Waals surface area contributed by atoms with E-state index in [0.29, 0.717) is 17.4 Å². The highest BCUT2D eigenvalue weighted by atomic mass is 14.9. The first-order valence-corrected chi connectivity index (χ1v) is 6.93. The first-order valence-electron chi connectivity index (χ1n) is 6.93. The van der Waals surface area contributed by atoms with Gasteiger partial charge in [0.15, 0.2) is 0 Å². The minimum atomic E-state index is 0.363. The summed E-state index contributed by atoms with van der Waals surface area (Å²) in [6, 6.07) is 0.474. The molecule has 0 spiro atoms. The molecule has 16 heavy (non-hydrogen) atoms. The first-order chi connectivity index (χ1) is 7.59. The zero-order chi connectivity index (χ0) is 11.6. The molecule has 2 aliphatic carbocycles. The molecule has 0 saturated heterocycles. The molecule has 0 radical (unpaired) electrons. The molecule has 1 unspecified atom stereocenters. The fraction of sp³-hybridized carbons (Fsp3) is 0.929. The van der Waals surface area contributed by atoms with E-state index in [1.54, 1.807) is 0 Å². The van der Waals surface area contributed by atoms with Gasteiger partial charge in [-0.15, -0.1) is 0 Å². The summed E-state index contributed by atoms with van der Waals surface area (Å²) in [5, 5.41) is 0. The van der Waals surface area contributed by atoms with E-state index in [1.807, 2.05) is 0 Å². The van der Waals surface area contributed by atoms with Crippen LogP contribution in [0.1, 0.15) is 65.2 Å². The molecule has 0 amide bonds. The lowest BCUT2D eigenvalue weighted by Gasteiger charge is -2.36. The molecule has 1 atom stereocenters. The molecular weight excluding hydrogens is 196 g/mol. The van der Waals surface area contributed by atoms with Crippen LogP contribution in [0.25, 0.3) is 0 Å². The van der Waals surface area contributed by atoms with Crippen LogP contribution >= 0.6 is 0 Å². The summed E-state index contributed by atoms with van der Waals surface area (Å²) < 4.78 is 0. The number of amidine groups is 1. The van der Waals surface area contributed by atoms with Crippen LogP contribution in [0.3, 0.4) is 0 Å². The zero-order valence-corrected chi connectivity index (χ0v) is 10.8. The van der Waals surface area contributed by atoms with E-state index in [2.05, 4.69) is 13.8 Å². The molecule has 0 aromatic rings. The molecule has 2 heteroatoms.